The largest absolute Gasteiger partial charge is 0.383 e. The van der Waals surface area contributed by atoms with Gasteiger partial charge in [0, 0.05) is 32.0 Å². The minimum absolute atomic E-state index is 0.284. The van der Waals surface area contributed by atoms with Gasteiger partial charge in [-0.2, -0.15) is 0 Å². The van der Waals surface area contributed by atoms with Crippen LogP contribution in [0.2, 0.25) is 5.28 Å². The van der Waals surface area contributed by atoms with Crippen LogP contribution in [-0.4, -0.2) is 36.8 Å². The number of nitrogens with zero attached hydrogens (tertiary/aromatic N) is 3. The van der Waals surface area contributed by atoms with Gasteiger partial charge in [-0.3, -0.25) is 0 Å². The molecule has 4 nitrogen and oxygen atoms in total. The Morgan fingerprint density at radius 1 is 1.53 bits per heavy atom. The summed E-state index contributed by atoms with van der Waals surface area (Å²) in [6.45, 7) is 6.40. The summed E-state index contributed by atoms with van der Waals surface area (Å²) in [6, 6.07) is 0. The molecule has 1 aromatic heterocycles. The molecule has 0 unspecified atom stereocenters. The van der Waals surface area contributed by atoms with E-state index in [1.165, 1.54) is 0 Å². The molecule has 0 saturated heterocycles. The highest BCUT2D eigenvalue weighted by atomic mass is 35.5. The normalized spacial score (nSPS) is 10.4. The summed E-state index contributed by atoms with van der Waals surface area (Å²) < 4.78 is 5.05. The molecular weight excluding hydrogens is 214 g/mol. The van der Waals surface area contributed by atoms with Gasteiger partial charge in [0.15, 0.2) is 0 Å². The van der Waals surface area contributed by atoms with Gasteiger partial charge in [0.1, 0.15) is 5.82 Å². The van der Waals surface area contributed by atoms with E-state index in [0.29, 0.717) is 6.61 Å². The second-order valence-corrected chi connectivity index (χ2v) is 3.56. The zero-order valence-electron chi connectivity index (χ0n) is 9.33. The average molecular weight is 230 g/mol. The summed E-state index contributed by atoms with van der Waals surface area (Å²) in [7, 11) is 1.69. The van der Waals surface area contributed by atoms with Crippen LogP contribution in [-0.2, 0) is 4.74 Å². The van der Waals surface area contributed by atoms with Gasteiger partial charge >= 0.3 is 0 Å². The zero-order valence-corrected chi connectivity index (χ0v) is 10.1. The molecule has 15 heavy (non-hydrogen) atoms. The van der Waals surface area contributed by atoms with Gasteiger partial charge < -0.3 is 9.64 Å². The highest BCUT2D eigenvalue weighted by Gasteiger charge is 2.09. The Hall–Kier alpha value is -0.870. The lowest BCUT2D eigenvalue weighted by Crippen LogP contribution is -2.28. The second kappa shape index (κ2) is 5.88. The first kappa shape index (κ1) is 12.2. The molecular formula is C10H16ClN3O. The standard InChI is InChI=1S/C10H16ClN3O/c1-4-14(5-6-15-3)9-8(2)7-12-10(11)13-9/h7H,4-6H2,1-3H3. The van der Waals surface area contributed by atoms with Gasteiger partial charge in [0.05, 0.1) is 6.61 Å². The minimum Gasteiger partial charge on any atom is -0.383 e. The maximum Gasteiger partial charge on any atom is 0.224 e. The first-order chi connectivity index (χ1) is 7.19. The van der Waals surface area contributed by atoms with Gasteiger partial charge in [0.2, 0.25) is 5.28 Å². The van der Waals surface area contributed by atoms with Crippen LogP contribution in [0.3, 0.4) is 0 Å². The number of halogens is 1. The SMILES string of the molecule is CCN(CCOC)c1nc(Cl)ncc1C. The van der Waals surface area contributed by atoms with E-state index in [-0.39, 0.29) is 5.28 Å². The van der Waals surface area contributed by atoms with E-state index in [1.54, 1.807) is 13.3 Å². The Bertz CT molecular complexity index is 320. The van der Waals surface area contributed by atoms with Gasteiger partial charge in [-0.15, -0.1) is 0 Å². The number of hydrogen-bond donors (Lipinski definition) is 0. The van der Waals surface area contributed by atoms with Crippen molar-refractivity contribution in [2.24, 2.45) is 0 Å². The first-order valence-electron chi connectivity index (χ1n) is 4.92. The summed E-state index contributed by atoms with van der Waals surface area (Å²) in [6.07, 6.45) is 1.74. The van der Waals surface area contributed by atoms with Gasteiger partial charge in [-0.1, -0.05) is 0 Å². The smallest absolute Gasteiger partial charge is 0.224 e. The molecule has 0 saturated carbocycles. The van der Waals surface area contributed by atoms with E-state index in [1.807, 2.05) is 6.92 Å². The first-order valence-corrected chi connectivity index (χ1v) is 5.29. The Kier molecular flexibility index (Phi) is 4.78. The Morgan fingerprint density at radius 2 is 2.27 bits per heavy atom. The predicted octanol–water partition coefficient (Wildman–Crippen LogP) is 1.91. The summed E-state index contributed by atoms with van der Waals surface area (Å²) in [5.41, 5.74) is 1.03. The number of rotatable bonds is 5. The number of aromatic nitrogens is 2. The summed E-state index contributed by atoms with van der Waals surface area (Å²) >= 11 is 5.77. The van der Waals surface area contributed by atoms with Crippen molar-refractivity contribution in [3.05, 3.63) is 17.0 Å². The monoisotopic (exact) mass is 229 g/mol. The highest BCUT2D eigenvalue weighted by Crippen LogP contribution is 2.17. The third-order valence-electron chi connectivity index (χ3n) is 2.16. The summed E-state index contributed by atoms with van der Waals surface area (Å²) in [5, 5.41) is 0.284. The molecule has 0 aliphatic carbocycles. The lowest BCUT2D eigenvalue weighted by Gasteiger charge is -2.22. The van der Waals surface area contributed by atoms with Crippen LogP contribution >= 0.6 is 11.6 Å². The molecule has 0 aliphatic heterocycles. The van der Waals surface area contributed by atoms with Crippen molar-refractivity contribution in [1.29, 1.82) is 0 Å². The molecule has 0 aliphatic rings. The third kappa shape index (κ3) is 3.32. The van der Waals surface area contributed by atoms with Crippen molar-refractivity contribution >= 4 is 17.4 Å². The molecule has 84 valence electrons. The molecule has 1 aromatic rings. The zero-order chi connectivity index (χ0) is 11.3. The molecule has 5 heteroatoms. The molecule has 0 radical (unpaired) electrons. The van der Waals surface area contributed by atoms with Gasteiger partial charge in [-0.25, -0.2) is 9.97 Å². The Morgan fingerprint density at radius 3 is 2.87 bits per heavy atom. The number of methoxy groups -OCH3 is 1. The topological polar surface area (TPSA) is 38.2 Å². The molecule has 0 amide bonds. The molecule has 0 atom stereocenters. The lowest BCUT2D eigenvalue weighted by molar-refractivity contribution is 0.205. The number of likely N-dealkylation sites (N-methyl/N-ethyl adjacent to an activating group) is 1. The van der Waals surface area contributed by atoms with Gasteiger partial charge in [-0.05, 0) is 25.4 Å². The summed E-state index contributed by atoms with van der Waals surface area (Å²) in [4.78, 5) is 10.3. The maximum absolute atomic E-state index is 5.77. The van der Waals surface area contributed by atoms with E-state index in [4.69, 9.17) is 16.3 Å². The number of aryl methyl sites for hydroxylation is 1. The molecule has 0 aromatic carbocycles. The number of hydrogen-bond acceptors (Lipinski definition) is 4. The molecule has 0 spiro atoms. The lowest BCUT2D eigenvalue weighted by atomic mass is 10.3. The Balaban J connectivity index is 2.85. The molecule has 1 rings (SSSR count). The van der Waals surface area contributed by atoms with E-state index in [0.717, 1.165) is 24.5 Å². The van der Waals surface area contributed by atoms with Crippen LogP contribution in [0, 0.1) is 6.92 Å². The van der Waals surface area contributed by atoms with E-state index >= 15 is 0 Å². The van der Waals surface area contributed by atoms with E-state index in [9.17, 15) is 0 Å². The number of ether oxygens (including phenoxy) is 1. The summed E-state index contributed by atoms with van der Waals surface area (Å²) in [5.74, 6) is 0.884. The van der Waals surface area contributed by atoms with Crippen LogP contribution in [0.5, 0.6) is 0 Å². The fraction of sp³-hybridized carbons (Fsp3) is 0.600. The van der Waals surface area contributed by atoms with Crippen molar-refractivity contribution in [2.45, 2.75) is 13.8 Å². The van der Waals surface area contributed by atoms with E-state index < -0.39 is 0 Å². The van der Waals surface area contributed by atoms with Crippen molar-refractivity contribution in [1.82, 2.24) is 9.97 Å². The van der Waals surface area contributed by atoms with E-state index in [2.05, 4.69) is 21.8 Å². The van der Waals surface area contributed by atoms with Crippen molar-refractivity contribution in [3.63, 3.8) is 0 Å². The molecule has 0 N–H and O–H groups in total. The Labute approximate surface area is 95.2 Å². The molecule has 0 bridgehead atoms. The van der Waals surface area contributed by atoms with Crippen LogP contribution in [0.1, 0.15) is 12.5 Å². The number of anilines is 1. The maximum atomic E-state index is 5.77. The molecule has 1 heterocycles. The molecule has 0 fully saturated rings. The fourth-order valence-corrected chi connectivity index (χ4v) is 1.48. The van der Waals surface area contributed by atoms with Crippen LogP contribution in [0.25, 0.3) is 0 Å². The minimum atomic E-state index is 0.284. The van der Waals surface area contributed by atoms with Crippen molar-refractivity contribution < 1.29 is 4.74 Å². The van der Waals surface area contributed by atoms with Crippen molar-refractivity contribution in [3.8, 4) is 0 Å². The third-order valence-corrected chi connectivity index (χ3v) is 2.34. The predicted molar refractivity (Wildman–Crippen MR) is 61.5 cm³/mol. The quantitative estimate of drug-likeness (QED) is 0.723. The van der Waals surface area contributed by atoms with Gasteiger partial charge in [0.25, 0.3) is 0 Å². The highest BCUT2D eigenvalue weighted by molar-refractivity contribution is 6.28. The van der Waals surface area contributed by atoms with Crippen LogP contribution in [0.15, 0.2) is 6.20 Å². The van der Waals surface area contributed by atoms with Crippen LogP contribution in [0.4, 0.5) is 5.82 Å². The van der Waals surface area contributed by atoms with Crippen molar-refractivity contribution in [2.75, 3.05) is 31.7 Å². The second-order valence-electron chi connectivity index (χ2n) is 3.22. The average Bonchev–Trinajstić information content (AvgIpc) is 2.24. The fourth-order valence-electron chi connectivity index (χ4n) is 1.35. The van der Waals surface area contributed by atoms with Crippen LogP contribution < -0.4 is 4.90 Å².